The predicted molar refractivity (Wildman–Crippen MR) is 56.1 cm³/mol. The summed E-state index contributed by atoms with van der Waals surface area (Å²) >= 11 is 0. The summed E-state index contributed by atoms with van der Waals surface area (Å²) < 4.78 is 5.45. The minimum absolute atomic E-state index is 0.297. The van der Waals surface area contributed by atoms with Crippen LogP contribution in [0.1, 0.15) is 19.4 Å². The van der Waals surface area contributed by atoms with Gasteiger partial charge in [-0.3, -0.25) is 0 Å². The molecular formula is C11H14N2O. The number of nitrogens with zero attached hydrogens (tertiary/aromatic N) is 1. The van der Waals surface area contributed by atoms with Crippen molar-refractivity contribution >= 4 is 11.0 Å². The predicted octanol–water partition coefficient (Wildman–Crippen LogP) is 2.44. The Kier molecular flexibility index (Phi) is 2.04. The van der Waals surface area contributed by atoms with Crippen LogP contribution in [-0.2, 0) is 10.3 Å². The Hall–Kier alpha value is -1.35. The molecule has 0 bridgehead atoms. The molecule has 0 radical (unpaired) electrons. The van der Waals surface area contributed by atoms with Gasteiger partial charge < -0.3 is 9.72 Å². The number of rotatable bonds is 2. The summed E-state index contributed by atoms with van der Waals surface area (Å²) in [5.41, 5.74) is 2.85. The third kappa shape index (κ3) is 1.30. The van der Waals surface area contributed by atoms with Gasteiger partial charge in [0.25, 0.3) is 0 Å². The van der Waals surface area contributed by atoms with E-state index in [1.165, 1.54) is 0 Å². The van der Waals surface area contributed by atoms with Crippen molar-refractivity contribution in [2.75, 3.05) is 7.11 Å². The highest BCUT2D eigenvalue weighted by Crippen LogP contribution is 2.28. The maximum Gasteiger partial charge on any atom is 0.0943 e. The van der Waals surface area contributed by atoms with Gasteiger partial charge in [-0.2, -0.15) is 0 Å². The van der Waals surface area contributed by atoms with Crippen molar-refractivity contribution in [3.63, 3.8) is 0 Å². The molecule has 3 nitrogen and oxygen atoms in total. The van der Waals surface area contributed by atoms with Gasteiger partial charge in [0.2, 0.25) is 0 Å². The van der Waals surface area contributed by atoms with Crippen molar-refractivity contribution in [2.24, 2.45) is 0 Å². The van der Waals surface area contributed by atoms with E-state index in [1.807, 2.05) is 32.0 Å². The molecule has 1 heterocycles. The van der Waals surface area contributed by atoms with Crippen LogP contribution in [0.3, 0.4) is 0 Å². The molecule has 2 aromatic rings. The van der Waals surface area contributed by atoms with Gasteiger partial charge in [-0.15, -0.1) is 0 Å². The van der Waals surface area contributed by atoms with E-state index in [1.54, 1.807) is 13.4 Å². The van der Waals surface area contributed by atoms with Crippen molar-refractivity contribution in [3.05, 3.63) is 30.1 Å². The number of methoxy groups -OCH3 is 1. The summed E-state index contributed by atoms with van der Waals surface area (Å²) in [7, 11) is 1.71. The molecule has 0 unspecified atom stereocenters. The molecule has 0 atom stereocenters. The molecule has 0 saturated carbocycles. The minimum Gasteiger partial charge on any atom is -0.374 e. The number of aromatic nitrogens is 2. The zero-order valence-corrected chi connectivity index (χ0v) is 8.66. The Morgan fingerprint density at radius 3 is 2.86 bits per heavy atom. The molecule has 0 aliphatic rings. The second-order valence-electron chi connectivity index (χ2n) is 3.82. The first-order valence-electron chi connectivity index (χ1n) is 4.63. The summed E-state index contributed by atoms with van der Waals surface area (Å²) in [6, 6.07) is 6.07. The lowest BCUT2D eigenvalue weighted by molar-refractivity contribution is 0.0203. The fourth-order valence-corrected chi connectivity index (χ4v) is 1.56. The molecule has 2 rings (SSSR count). The van der Waals surface area contributed by atoms with Gasteiger partial charge in [-0.1, -0.05) is 12.1 Å². The maximum atomic E-state index is 5.45. The van der Waals surface area contributed by atoms with Gasteiger partial charge in [-0.05, 0) is 19.9 Å². The second kappa shape index (κ2) is 3.10. The summed E-state index contributed by atoms with van der Waals surface area (Å²) in [6.45, 7) is 4.08. The summed E-state index contributed by atoms with van der Waals surface area (Å²) in [5, 5.41) is 0. The van der Waals surface area contributed by atoms with Crippen LogP contribution in [0, 0.1) is 0 Å². The third-order valence-corrected chi connectivity index (χ3v) is 2.61. The van der Waals surface area contributed by atoms with Crippen molar-refractivity contribution in [1.82, 2.24) is 9.97 Å². The highest BCUT2D eigenvalue weighted by Gasteiger charge is 2.22. The lowest BCUT2D eigenvalue weighted by atomic mass is 9.97. The van der Waals surface area contributed by atoms with E-state index in [2.05, 4.69) is 9.97 Å². The number of H-pyrrole nitrogens is 1. The van der Waals surface area contributed by atoms with Gasteiger partial charge in [0, 0.05) is 12.7 Å². The molecule has 0 fully saturated rings. The second-order valence-corrected chi connectivity index (χ2v) is 3.82. The fourth-order valence-electron chi connectivity index (χ4n) is 1.56. The van der Waals surface area contributed by atoms with E-state index in [-0.39, 0.29) is 5.60 Å². The normalized spacial score (nSPS) is 12.2. The zero-order chi connectivity index (χ0) is 10.2. The van der Waals surface area contributed by atoms with Crippen LogP contribution in [0.25, 0.3) is 11.0 Å². The summed E-state index contributed by atoms with van der Waals surface area (Å²) in [6.07, 6.45) is 1.71. The lowest BCUT2D eigenvalue weighted by Crippen LogP contribution is -2.19. The number of hydrogen-bond acceptors (Lipinski definition) is 2. The van der Waals surface area contributed by atoms with Crippen molar-refractivity contribution in [1.29, 1.82) is 0 Å². The molecule has 0 aliphatic heterocycles. The topological polar surface area (TPSA) is 37.9 Å². The molecule has 1 aromatic heterocycles. The van der Waals surface area contributed by atoms with E-state index >= 15 is 0 Å². The monoisotopic (exact) mass is 190 g/mol. The van der Waals surface area contributed by atoms with Crippen LogP contribution < -0.4 is 0 Å². The van der Waals surface area contributed by atoms with Gasteiger partial charge in [0.05, 0.1) is 23.0 Å². The van der Waals surface area contributed by atoms with Crippen molar-refractivity contribution in [2.45, 2.75) is 19.4 Å². The largest absolute Gasteiger partial charge is 0.374 e. The lowest BCUT2D eigenvalue weighted by Gasteiger charge is -2.23. The van der Waals surface area contributed by atoms with E-state index in [0.29, 0.717) is 0 Å². The smallest absolute Gasteiger partial charge is 0.0943 e. The highest BCUT2D eigenvalue weighted by atomic mass is 16.5. The average molecular weight is 190 g/mol. The number of para-hydroxylation sites is 1. The highest BCUT2D eigenvalue weighted by molar-refractivity contribution is 5.79. The maximum absolute atomic E-state index is 5.45. The van der Waals surface area contributed by atoms with Gasteiger partial charge in [0.15, 0.2) is 0 Å². The fraction of sp³-hybridized carbons (Fsp3) is 0.364. The molecular weight excluding hydrogens is 176 g/mol. The van der Waals surface area contributed by atoms with E-state index < -0.39 is 0 Å². The number of imidazole rings is 1. The molecule has 0 aliphatic carbocycles. The molecule has 74 valence electrons. The number of aromatic amines is 1. The summed E-state index contributed by atoms with van der Waals surface area (Å²) in [5.74, 6) is 0. The van der Waals surface area contributed by atoms with Crippen LogP contribution >= 0.6 is 0 Å². The van der Waals surface area contributed by atoms with Crippen LogP contribution in [0.2, 0.25) is 0 Å². The van der Waals surface area contributed by atoms with Crippen LogP contribution in [0.5, 0.6) is 0 Å². The molecule has 0 amide bonds. The molecule has 1 N–H and O–H groups in total. The third-order valence-electron chi connectivity index (χ3n) is 2.61. The van der Waals surface area contributed by atoms with Crippen molar-refractivity contribution < 1.29 is 4.74 Å². The molecule has 1 aromatic carbocycles. The first-order valence-corrected chi connectivity index (χ1v) is 4.63. The number of hydrogen-bond donors (Lipinski definition) is 1. The summed E-state index contributed by atoms with van der Waals surface area (Å²) in [4.78, 5) is 7.39. The van der Waals surface area contributed by atoms with Crippen molar-refractivity contribution in [3.8, 4) is 0 Å². The van der Waals surface area contributed by atoms with Gasteiger partial charge in [-0.25, -0.2) is 4.98 Å². The number of fused-ring (bicyclic) bond motifs is 1. The Bertz CT molecular complexity index is 445. The molecule has 3 heteroatoms. The molecule has 0 spiro atoms. The molecule has 14 heavy (non-hydrogen) atoms. The Morgan fingerprint density at radius 1 is 1.36 bits per heavy atom. The van der Waals surface area contributed by atoms with E-state index in [4.69, 9.17) is 4.74 Å². The Morgan fingerprint density at radius 2 is 2.14 bits per heavy atom. The van der Waals surface area contributed by atoms with Crippen LogP contribution in [0.4, 0.5) is 0 Å². The van der Waals surface area contributed by atoms with E-state index in [9.17, 15) is 0 Å². The quantitative estimate of drug-likeness (QED) is 0.789. The average Bonchev–Trinajstić information content (AvgIpc) is 2.64. The minimum atomic E-state index is -0.297. The first kappa shape index (κ1) is 9.21. The Balaban J connectivity index is 2.67. The van der Waals surface area contributed by atoms with Gasteiger partial charge in [0.1, 0.15) is 0 Å². The number of nitrogens with one attached hydrogen (secondary N) is 1. The van der Waals surface area contributed by atoms with Gasteiger partial charge >= 0.3 is 0 Å². The zero-order valence-electron chi connectivity index (χ0n) is 8.66. The SMILES string of the molecule is COC(C)(C)c1cccc2[nH]cnc12. The standard InChI is InChI=1S/C11H14N2O/c1-11(2,14-3)8-5-4-6-9-10(8)13-7-12-9/h4-7H,1-3H3,(H,12,13). The van der Waals surface area contributed by atoms with Crippen LogP contribution in [0.15, 0.2) is 24.5 Å². The van der Waals surface area contributed by atoms with Crippen LogP contribution in [-0.4, -0.2) is 17.1 Å². The number of ether oxygens (including phenoxy) is 1. The molecule has 0 saturated heterocycles. The van der Waals surface area contributed by atoms with E-state index in [0.717, 1.165) is 16.6 Å². The Labute approximate surface area is 83.1 Å². The first-order chi connectivity index (χ1) is 6.65. The number of benzene rings is 1.